The average molecular weight is 332 g/mol. The number of anilines is 2. The summed E-state index contributed by atoms with van der Waals surface area (Å²) in [6.45, 7) is 4.02. The number of amides is 2. The molecule has 0 spiro atoms. The van der Waals surface area contributed by atoms with E-state index in [9.17, 15) is 18.4 Å². The van der Waals surface area contributed by atoms with Gasteiger partial charge in [0.2, 0.25) is 0 Å². The van der Waals surface area contributed by atoms with Gasteiger partial charge in [0, 0.05) is 11.8 Å². The minimum Gasteiger partial charge on any atom is -0.318 e. The van der Waals surface area contributed by atoms with Crippen LogP contribution in [0.1, 0.15) is 31.7 Å². The molecule has 24 heavy (non-hydrogen) atoms. The highest BCUT2D eigenvalue weighted by molar-refractivity contribution is 6.43. The van der Waals surface area contributed by atoms with E-state index in [2.05, 4.69) is 10.6 Å². The van der Waals surface area contributed by atoms with Crippen LogP contribution in [0, 0.1) is 11.6 Å². The molecular formula is C18H18F2N2O2. The van der Waals surface area contributed by atoms with Gasteiger partial charge in [0.15, 0.2) is 0 Å². The van der Waals surface area contributed by atoms with Crippen molar-refractivity contribution in [1.82, 2.24) is 0 Å². The number of nitrogens with one attached hydrogen (secondary N) is 2. The molecule has 0 bridgehead atoms. The molecule has 0 aliphatic heterocycles. The minimum absolute atomic E-state index is 0.199. The number of hydrogen-bond donors (Lipinski definition) is 2. The van der Waals surface area contributed by atoms with Crippen LogP contribution in [0.5, 0.6) is 0 Å². The Morgan fingerprint density at radius 3 is 2.29 bits per heavy atom. The molecule has 1 atom stereocenters. The number of benzene rings is 2. The van der Waals surface area contributed by atoms with E-state index in [0.29, 0.717) is 5.69 Å². The quantitative estimate of drug-likeness (QED) is 0.830. The fourth-order valence-electron chi connectivity index (χ4n) is 2.21. The van der Waals surface area contributed by atoms with Crippen LogP contribution in [-0.4, -0.2) is 11.8 Å². The molecular weight excluding hydrogens is 314 g/mol. The molecule has 126 valence electrons. The fourth-order valence-corrected chi connectivity index (χ4v) is 2.21. The molecule has 1 unspecified atom stereocenters. The van der Waals surface area contributed by atoms with Gasteiger partial charge in [0.1, 0.15) is 11.6 Å². The number of rotatable bonds is 4. The predicted octanol–water partition coefficient (Wildman–Crippen LogP) is 4.06. The largest absolute Gasteiger partial charge is 0.318 e. The second-order valence-corrected chi connectivity index (χ2v) is 5.43. The topological polar surface area (TPSA) is 58.2 Å². The second-order valence-electron chi connectivity index (χ2n) is 5.43. The van der Waals surface area contributed by atoms with E-state index in [1.54, 1.807) is 12.1 Å². The Morgan fingerprint density at radius 1 is 1.00 bits per heavy atom. The van der Waals surface area contributed by atoms with Crippen molar-refractivity contribution in [2.75, 3.05) is 10.6 Å². The molecule has 2 N–H and O–H groups in total. The molecule has 0 aromatic heterocycles. The lowest BCUT2D eigenvalue weighted by molar-refractivity contribution is -0.133. The summed E-state index contributed by atoms with van der Waals surface area (Å²) in [7, 11) is 0. The lowest BCUT2D eigenvalue weighted by atomic mass is 9.97. The van der Waals surface area contributed by atoms with Gasteiger partial charge < -0.3 is 10.6 Å². The molecule has 2 aromatic carbocycles. The normalized spacial score (nSPS) is 11.7. The minimum atomic E-state index is -1.07. The van der Waals surface area contributed by atoms with E-state index in [4.69, 9.17) is 0 Å². The zero-order chi connectivity index (χ0) is 17.7. The Morgan fingerprint density at radius 2 is 1.62 bits per heavy atom. The lowest BCUT2D eigenvalue weighted by Gasteiger charge is -2.15. The highest BCUT2D eigenvalue weighted by Gasteiger charge is 2.18. The summed E-state index contributed by atoms with van der Waals surface area (Å²) in [5, 5.41) is 4.58. The van der Waals surface area contributed by atoms with Crippen LogP contribution in [-0.2, 0) is 9.59 Å². The van der Waals surface area contributed by atoms with E-state index in [-0.39, 0.29) is 11.6 Å². The van der Waals surface area contributed by atoms with Crippen LogP contribution in [0.3, 0.4) is 0 Å². The predicted molar refractivity (Wildman–Crippen MR) is 88.8 cm³/mol. The van der Waals surface area contributed by atoms with Crippen molar-refractivity contribution < 1.29 is 18.4 Å². The summed E-state index contributed by atoms with van der Waals surface area (Å²) in [4.78, 5) is 24.0. The standard InChI is InChI=1S/C18H18F2N2O2/c1-3-11(2)13-6-4-5-7-15(13)21-17(23)18(24)22-16-10-12(19)8-9-14(16)20/h4-11H,3H2,1-2H3,(H,21,23)(H,22,24). The van der Waals surface area contributed by atoms with Gasteiger partial charge in [-0.3, -0.25) is 9.59 Å². The van der Waals surface area contributed by atoms with Gasteiger partial charge in [-0.1, -0.05) is 32.0 Å². The van der Waals surface area contributed by atoms with Gasteiger partial charge in [0.05, 0.1) is 5.69 Å². The van der Waals surface area contributed by atoms with Crippen LogP contribution < -0.4 is 10.6 Å². The molecule has 2 aromatic rings. The van der Waals surface area contributed by atoms with Crippen LogP contribution in [0.25, 0.3) is 0 Å². The summed E-state index contributed by atoms with van der Waals surface area (Å²) in [5.74, 6) is -3.36. The third-order valence-corrected chi connectivity index (χ3v) is 3.74. The summed E-state index contributed by atoms with van der Waals surface area (Å²) < 4.78 is 26.6. The smallest absolute Gasteiger partial charge is 0.314 e. The van der Waals surface area contributed by atoms with Crippen molar-refractivity contribution in [3.05, 3.63) is 59.7 Å². The number of carbonyl (C=O) groups is 2. The van der Waals surface area contributed by atoms with Crippen LogP contribution in [0.4, 0.5) is 20.2 Å². The maximum absolute atomic E-state index is 13.5. The van der Waals surface area contributed by atoms with Gasteiger partial charge in [-0.2, -0.15) is 0 Å². The van der Waals surface area contributed by atoms with Gasteiger partial charge in [-0.15, -0.1) is 0 Å². The van der Waals surface area contributed by atoms with E-state index in [1.165, 1.54) is 0 Å². The first kappa shape index (κ1) is 17.6. The van der Waals surface area contributed by atoms with Crippen molar-refractivity contribution in [1.29, 1.82) is 0 Å². The molecule has 0 saturated carbocycles. The Labute approximate surface area is 138 Å². The summed E-state index contributed by atoms with van der Waals surface area (Å²) in [6.07, 6.45) is 0.869. The molecule has 4 nitrogen and oxygen atoms in total. The molecule has 0 aliphatic rings. The first-order chi connectivity index (χ1) is 11.4. The molecule has 0 radical (unpaired) electrons. The number of carbonyl (C=O) groups excluding carboxylic acids is 2. The van der Waals surface area contributed by atoms with Gasteiger partial charge in [0.25, 0.3) is 0 Å². The Kier molecular flexibility index (Phi) is 5.63. The first-order valence-electron chi connectivity index (χ1n) is 7.58. The molecule has 2 rings (SSSR count). The SMILES string of the molecule is CCC(C)c1ccccc1NC(=O)C(=O)Nc1cc(F)ccc1F. The average Bonchev–Trinajstić information content (AvgIpc) is 2.57. The van der Waals surface area contributed by atoms with E-state index in [1.807, 2.05) is 26.0 Å². The maximum atomic E-state index is 13.5. The molecule has 0 fully saturated rings. The first-order valence-corrected chi connectivity index (χ1v) is 7.58. The molecule has 6 heteroatoms. The van der Waals surface area contributed by atoms with E-state index in [0.717, 1.165) is 30.2 Å². The number of para-hydroxylation sites is 1. The van der Waals surface area contributed by atoms with Crippen molar-refractivity contribution >= 4 is 23.2 Å². The van der Waals surface area contributed by atoms with Crippen LogP contribution in [0.15, 0.2) is 42.5 Å². The molecule has 2 amide bonds. The molecule has 0 saturated heterocycles. The van der Waals surface area contributed by atoms with Crippen molar-refractivity contribution in [3.8, 4) is 0 Å². The molecule has 0 heterocycles. The van der Waals surface area contributed by atoms with Gasteiger partial charge >= 0.3 is 11.8 Å². The maximum Gasteiger partial charge on any atom is 0.314 e. The van der Waals surface area contributed by atoms with Crippen LogP contribution >= 0.6 is 0 Å². The van der Waals surface area contributed by atoms with Crippen molar-refractivity contribution in [2.24, 2.45) is 0 Å². The zero-order valence-corrected chi connectivity index (χ0v) is 13.4. The Bertz CT molecular complexity index is 762. The van der Waals surface area contributed by atoms with E-state index >= 15 is 0 Å². The highest BCUT2D eigenvalue weighted by Crippen LogP contribution is 2.26. The lowest BCUT2D eigenvalue weighted by Crippen LogP contribution is -2.30. The van der Waals surface area contributed by atoms with Gasteiger partial charge in [-0.05, 0) is 36.1 Å². The fraction of sp³-hybridized carbons (Fsp3) is 0.222. The number of hydrogen-bond acceptors (Lipinski definition) is 2. The highest BCUT2D eigenvalue weighted by atomic mass is 19.1. The monoisotopic (exact) mass is 332 g/mol. The van der Waals surface area contributed by atoms with E-state index < -0.39 is 23.4 Å². The molecule has 0 aliphatic carbocycles. The third kappa shape index (κ3) is 4.16. The van der Waals surface area contributed by atoms with Crippen molar-refractivity contribution in [3.63, 3.8) is 0 Å². The second kappa shape index (κ2) is 7.68. The zero-order valence-electron chi connectivity index (χ0n) is 13.4. The van der Waals surface area contributed by atoms with Crippen LogP contribution in [0.2, 0.25) is 0 Å². The number of halogens is 2. The summed E-state index contributed by atoms with van der Waals surface area (Å²) >= 11 is 0. The third-order valence-electron chi connectivity index (χ3n) is 3.74. The Hall–Kier alpha value is -2.76. The van der Waals surface area contributed by atoms with Gasteiger partial charge in [-0.25, -0.2) is 8.78 Å². The summed E-state index contributed by atoms with van der Waals surface area (Å²) in [5.41, 5.74) is 1.04. The summed E-state index contributed by atoms with van der Waals surface area (Å²) in [6, 6.07) is 9.76. The Balaban J connectivity index is 2.13. The van der Waals surface area contributed by atoms with Crippen molar-refractivity contribution in [2.45, 2.75) is 26.2 Å².